The molecule has 1 N–H and O–H groups in total. The number of hydrogen-bond donors (Lipinski definition) is 1. The molecule has 0 amide bonds. The van der Waals surface area contributed by atoms with Crippen molar-refractivity contribution in [1.29, 1.82) is 0 Å². The van der Waals surface area contributed by atoms with Gasteiger partial charge in [0.25, 0.3) is 0 Å². The van der Waals surface area contributed by atoms with Crippen molar-refractivity contribution in [2.45, 2.75) is 38.3 Å². The van der Waals surface area contributed by atoms with Crippen LogP contribution in [0, 0.1) is 0 Å². The van der Waals surface area contributed by atoms with E-state index < -0.39 is 0 Å². The maximum atomic E-state index is 5.50. The molecule has 0 aromatic carbocycles. The van der Waals surface area contributed by atoms with Gasteiger partial charge in [-0.2, -0.15) is 0 Å². The summed E-state index contributed by atoms with van der Waals surface area (Å²) in [5.41, 5.74) is 0.197. The Morgan fingerprint density at radius 1 is 1.47 bits per heavy atom. The van der Waals surface area contributed by atoms with Gasteiger partial charge in [-0.15, -0.1) is 11.3 Å². The molecule has 0 bridgehead atoms. The van der Waals surface area contributed by atoms with Gasteiger partial charge in [0, 0.05) is 29.5 Å². The Labute approximate surface area is 121 Å². The minimum absolute atomic E-state index is 0.197. The average molecular weight is 282 g/mol. The lowest BCUT2D eigenvalue weighted by Gasteiger charge is -2.47. The second kappa shape index (κ2) is 6.84. The summed E-state index contributed by atoms with van der Waals surface area (Å²) in [5.74, 6) is 0. The zero-order chi connectivity index (χ0) is 13.7. The van der Waals surface area contributed by atoms with E-state index in [-0.39, 0.29) is 5.54 Å². The van der Waals surface area contributed by atoms with Crippen LogP contribution in [0.4, 0.5) is 0 Å². The topological polar surface area (TPSA) is 24.5 Å². The van der Waals surface area contributed by atoms with Crippen LogP contribution in [0.5, 0.6) is 0 Å². The van der Waals surface area contributed by atoms with Crippen LogP contribution in [0.1, 0.15) is 25.1 Å². The third-order valence-electron chi connectivity index (χ3n) is 4.53. The summed E-state index contributed by atoms with van der Waals surface area (Å²) in [6.45, 7) is 8.53. The van der Waals surface area contributed by atoms with Crippen molar-refractivity contribution in [2.75, 3.05) is 33.4 Å². The van der Waals surface area contributed by atoms with E-state index in [9.17, 15) is 0 Å². The summed E-state index contributed by atoms with van der Waals surface area (Å²) in [7, 11) is 2.09. The second-order valence-corrected chi connectivity index (χ2v) is 6.47. The summed E-state index contributed by atoms with van der Waals surface area (Å²) in [4.78, 5) is 4.07. The highest BCUT2D eigenvalue weighted by molar-refractivity contribution is 7.09. The highest BCUT2D eigenvalue weighted by atomic mass is 32.1. The van der Waals surface area contributed by atoms with Crippen molar-refractivity contribution >= 4 is 11.3 Å². The monoisotopic (exact) mass is 282 g/mol. The largest absolute Gasteiger partial charge is 0.379 e. The predicted octanol–water partition coefficient (Wildman–Crippen LogP) is 2.38. The quantitative estimate of drug-likeness (QED) is 0.867. The van der Waals surface area contributed by atoms with Gasteiger partial charge in [-0.3, -0.25) is 4.90 Å². The lowest BCUT2D eigenvalue weighted by atomic mass is 9.84. The number of ether oxygens (including phenoxy) is 1. The summed E-state index contributed by atoms with van der Waals surface area (Å²) in [6.07, 6.45) is 2.26. The fraction of sp³-hybridized carbons (Fsp3) is 0.733. The van der Waals surface area contributed by atoms with Gasteiger partial charge in [0.05, 0.1) is 13.2 Å². The first-order valence-electron chi connectivity index (χ1n) is 7.23. The molecule has 0 radical (unpaired) electrons. The van der Waals surface area contributed by atoms with Crippen LogP contribution < -0.4 is 5.32 Å². The number of likely N-dealkylation sites (N-methyl/N-ethyl adjacent to an activating group) is 1. The van der Waals surface area contributed by atoms with Gasteiger partial charge in [0.1, 0.15) is 0 Å². The minimum Gasteiger partial charge on any atom is -0.379 e. The zero-order valence-corrected chi connectivity index (χ0v) is 13.1. The van der Waals surface area contributed by atoms with E-state index in [2.05, 4.69) is 48.6 Å². The van der Waals surface area contributed by atoms with Crippen molar-refractivity contribution in [3.05, 3.63) is 22.4 Å². The molecule has 108 valence electrons. The van der Waals surface area contributed by atoms with Crippen LogP contribution in [-0.4, -0.2) is 49.8 Å². The molecule has 19 heavy (non-hydrogen) atoms. The molecule has 2 atom stereocenters. The van der Waals surface area contributed by atoms with Crippen LogP contribution in [0.25, 0.3) is 0 Å². The number of hydrogen-bond acceptors (Lipinski definition) is 4. The van der Waals surface area contributed by atoms with E-state index >= 15 is 0 Å². The smallest absolute Gasteiger partial charge is 0.0594 e. The minimum atomic E-state index is 0.197. The maximum absolute atomic E-state index is 5.50. The molecule has 2 unspecified atom stereocenters. The van der Waals surface area contributed by atoms with Gasteiger partial charge < -0.3 is 10.1 Å². The van der Waals surface area contributed by atoms with Crippen molar-refractivity contribution in [3.8, 4) is 0 Å². The van der Waals surface area contributed by atoms with Gasteiger partial charge >= 0.3 is 0 Å². The van der Waals surface area contributed by atoms with Gasteiger partial charge in [-0.1, -0.05) is 13.0 Å². The molecule has 1 aliphatic heterocycles. The fourth-order valence-electron chi connectivity index (χ4n) is 3.03. The number of nitrogens with one attached hydrogen (secondary N) is 1. The summed E-state index contributed by atoms with van der Waals surface area (Å²) in [6, 6.07) is 4.86. The van der Waals surface area contributed by atoms with E-state index in [0.717, 1.165) is 39.1 Å². The van der Waals surface area contributed by atoms with E-state index in [1.54, 1.807) is 0 Å². The molecule has 4 heteroatoms. The number of thiophene rings is 1. The first-order chi connectivity index (χ1) is 9.20. The Bertz CT molecular complexity index is 362. The van der Waals surface area contributed by atoms with Crippen molar-refractivity contribution in [2.24, 2.45) is 0 Å². The lowest BCUT2D eigenvalue weighted by Crippen LogP contribution is -2.61. The van der Waals surface area contributed by atoms with Crippen molar-refractivity contribution in [3.63, 3.8) is 0 Å². The molecule has 2 heterocycles. The molecule has 1 fully saturated rings. The fourth-order valence-corrected chi connectivity index (χ4v) is 3.78. The van der Waals surface area contributed by atoms with Crippen molar-refractivity contribution in [1.82, 2.24) is 10.2 Å². The second-order valence-electron chi connectivity index (χ2n) is 5.43. The molecule has 2 rings (SSSR count). The number of morpholine rings is 1. The van der Waals surface area contributed by atoms with Crippen LogP contribution in [-0.2, 0) is 11.2 Å². The molecule has 0 aliphatic carbocycles. The zero-order valence-electron chi connectivity index (χ0n) is 12.3. The van der Waals surface area contributed by atoms with Gasteiger partial charge in [0.15, 0.2) is 0 Å². The molecule has 0 spiro atoms. The standard InChI is InChI=1S/C15H26N2OS/c1-4-15(2,17-7-9-18-10-8-17)14(16-3)12-13-6-5-11-19-13/h5-6,11,14,16H,4,7-10,12H2,1-3H3. The Balaban J connectivity index is 2.11. The summed E-state index contributed by atoms with van der Waals surface area (Å²) in [5, 5.41) is 5.72. The molecule has 1 saturated heterocycles. The molecular weight excluding hydrogens is 256 g/mol. The Morgan fingerprint density at radius 2 is 2.21 bits per heavy atom. The van der Waals surface area contributed by atoms with Crippen LogP contribution in [0.2, 0.25) is 0 Å². The summed E-state index contributed by atoms with van der Waals surface area (Å²) >= 11 is 1.86. The average Bonchev–Trinajstić information content (AvgIpc) is 2.98. The first kappa shape index (κ1) is 15.0. The van der Waals surface area contributed by atoms with Crippen LogP contribution in [0.15, 0.2) is 17.5 Å². The highest BCUT2D eigenvalue weighted by Crippen LogP contribution is 2.28. The van der Waals surface area contributed by atoms with Gasteiger partial charge in [-0.05, 0) is 38.3 Å². The first-order valence-corrected chi connectivity index (χ1v) is 8.11. The molecule has 0 saturated carbocycles. The molecule has 3 nitrogen and oxygen atoms in total. The Morgan fingerprint density at radius 3 is 2.74 bits per heavy atom. The SMILES string of the molecule is CCC(C)(C(Cc1cccs1)NC)N1CCOCC1. The third-order valence-corrected chi connectivity index (χ3v) is 5.43. The van der Waals surface area contributed by atoms with Crippen LogP contribution >= 0.6 is 11.3 Å². The van der Waals surface area contributed by atoms with Gasteiger partial charge in [0.2, 0.25) is 0 Å². The van der Waals surface area contributed by atoms with Crippen LogP contribution in [0.3, 0.4) is 0 Å². The number of nitrogens with zero attached hydrogens (tertiary/aromatic N) is 1. The van der Waals surface area contributed by atoms with E-state index in [1.807, 2.05) is 11.3 Å². The Kier molecular flexibility index (Phi) is 5.39. The molecule has 1 aromatic heterocycles. The third kappa shape index (κ3) is 3.37. The van der Waals surface area contributed by atoms with Crippen molar-refractivity contribution < 1.29 is 4.74 Å². The van der Waals surface area contributed by atoms with E-state index in [1.165, 1.54) is 4.88 Å². The predicted molar refractivity (Wildman–Crippen MR) is 82.0 cm³/mol. The Hall–Kier alpha value is -0.420. The lowest BCUT2D eigenvalue weighted by molar-refractivity contribution is -0.0312. The van der Waals surface area contributed by atoms with Gasteiger partial charge in [-0.25, -0.2) is 0 Å². The molecule has 1 aromatic rings. The van der Waals surface area contributed by atoms with E-state index in [0.29, 0.717) is 6.04 Å². The normalized spacial score (nSPS) is 22.1. The maximum Gasteiger partial charge on any atom is 0.0594 e. The molecule has 1 aliphatic rings. The van der Waals surface area contributed by atoms with E-state index in [4.69, 9.17) is 4.74 Å². The number of rotatable bonds is 6. The summed E-state index contributed by atoms with van der Waals surface area (Å²) < 4.78 is 5.50. The highest BCUT2D eigenvalue weighted by Gasteiger charge is 2.38. The molecular formula is C15H26N2OS.